The molecule has 0 saturated heterocycles. The summed E-state index contributed by atoms with van der Waals surface area (Å²) in [5.74, 6) is -0.0621. The van der Waals surface area contributed by atoms with Crippen molar-refractivity contribution in [3.8, 4) is 0 Å². The molecule has 2 aromatic carbocycles. The van der Waals surface area contributed by atoms with Crippen LogP contribution in [0.1, 0.15) is 24.4 Å². The summed E-state index contributed by atoms with van der Waals surface area (Å²) in [5, 5.41) is 2.96. The standard InChI is InChI=1S/C19H20BrN3O3S/c1-13(14-7-3-4-8-15(14)20)21-19(24)11-23-17-10-6-5-9-16(17)22-18(23)12-27(2,25)26/h3-10,13H,11-12H2,1-2H3,(H,21,24)/t13-/m1/s1. The fourth-order valence-electron chi connectivity index (χ4n) is 2.98. The predicted octanol–water partition coefficient (Wildman–Crippen LogP) is 3.22. The molecule has 8 heteroatoms. The number of carbonyl (C=O) groups excluding carboxylic acids is 1. The second-order valence-electron chi connectivity index (χ2n) is 6.48. The Morgan fingerprint density at radius 3 is 2.56 bits per heavy atom. The van der Waals surface area contributed by atoms with E-state index in [2.05, 4.69) is 26.2 Å². The molecular formula is C19H20BrN3O3S. The van der Waals surface area contributed by atoms with Gasteiger partial charge in [0.2, 0.25) is 5.91 Å². The molecule has 1 aromatic heterocycles. The van der Waals surface area contributed by atoms with Gasteiger partial charge in [0, 0.05) is 10.7 Å². The number of imidazole rings is 1. The molecule has 0 unspecified atom stereocenters. The van der Waals surface area contributed by atoms with Crippen molar-refractivity contribution in [2.45, 2.75) is 25.3 Å². The summed E-state index contributed by atoms with van der Waals surface area (Å²) in [7, 11) is -3.28. The van der Waals surface area contributed by atoms with E-state index < -0.39 is 9.84 Å². The second-order valence-corrected chi connectivity index (χ2v) is 9.48. The van der Waals surface area contributed by atoms with E-state index in [1.54, 1.807) is 10.6 Å². The van der Waals surface area contributed by atoms with Gasteiger partial charge in [-0.25, -0.2) is 13.4 Å². The van der Waals surface area contributed by atoms with Gasteiger partial charge in [0.05, 0.1) is 17.1 Å². The third kappa shape index (κ3) is 4.75. The van der Waals surface area contributed by atoms with Crippen LogP contribution in [0.5, 0.6) is 0 Å². The van der Waals surface area contributed by atoms with Crippen LogP contribution in [0.4, 0.5) is 0 Å². The molecule has 1 heterocycles. The van der Waals surface area contributed by atoms with Crippen molar-refractivity contribution in [2.24, 2.45) is 0 Å². The van der Waals surface area contributed by atoms with Gasteiger partial charge in [-0.2, -0.15) is 0 Å². The molecule has 3 aromatic rings. The second kappa shape index (κ2) is 7.82. The zero-order chi connectivity index (χ0) is 19.6. The topological polar surface area (TPSA) is 81.1 Å². The number of hydrogen-bond acceptors (Lipinski definition) is 4. The first-order valence-corrected chi connectivity index (χ1v) is 11.3. The number of fused-ring (bicyclic) bond motifs is 1. The molecule has 1 atom stereocenters. The molecule has 0 spiro atoms. The van der Waals surface area contributed by atoms with E-state index in [4.69, 9.17) is 0 Å². The normalized spacial score (nSPS) is 12.9. The van der Waals surface area contributed by atoms with Crippen LogP contribution in [0.3, 0.4) is 0 Å². The van der Waals surface area contributed by atoms with Crippen molar-refractivity contribution in [1.82, 2.24) is 14.9 Å². The summed E-state index contributed by atoms with van der Waals surface area (Å²) in [6.45, 7) is 1.90. The first kappa shape index (κ1) is 19.6. The number of sulfone groups is 1. The quantitative estimate of drug-likeness (QED) is 0.626. The maximum atomic E-state index is 12.6. The fourth-order valence-corrected chi connectivity index (χ4v) is 4.30. The number of nitrogens with zero attached hydrogens (tertiary/aromatic N) is 2. The average Bonchev–Trinajstić information content (AvgIpc) is 2.90. The van der Waals surface area contributed by atoms with Crippen molar-refractivity contribution >= 4 is 42.7 Å². The van der Waals surface area contributed by atoms with Gasteiger partial charge in [-0.05, 0) is 30.7 Å². The number of amides is 1. The summed E-state index contributed by atoms with van der Waals surface area (Å²) in [6.07, 6.45) is 1.16. The lowest BCUT2D eigenvalue weighted by atomic mass is 10.1. The number of para-hydroxylation sites is 2. The molecule has 0 aliphatic heterocycles. The lowest BCUT2D eigenvalue weighted by molar-refractivity contribution is -0.122. The fraction of sp³-hybridized carbons (Fsp3) is 0.263. The molecule has 142 valence electrons. The summed E-state index contributed by atoms with van der Waals surface area (Å²) in [5.41, 5.74) is 2.38. The van der Waals surface area contributed by atoms with Gasteiger partial charge < -0.3 is 9.88 Å². The van der Waals surface area contributed by atoms with Crippen molar-refractivity contribution < 1.29 is 13.2 Å². The van der Waals surface area contributed by atoms with Crippen LogP contribution in [-0.4, -0.2) is 30.1 Å². The van der Waals surface area contributed by atoms with Crippen LogP contribution in [0.25, 0.3) is 11.0 Å². The molecule has 0 radical (unpaired) electrons. The van der Waals surface area contributed by atoms with Gasteiger partial charge >= 0.3 is 0 Å². The number of nitrogens with one attached hydrogen (secondary N) is 1. The highest BCUT2D eigenvalue weighted by atomic mass is 79.9. The van der Waals surface area contributed by atoms with Crippen LogP contribution in [0.2, 0.25) is 0 Å². The van der Waals surface area contributed by atoms with Gasteiger partial charge in [-0.1, -0.05) is 46.3 Å². The summed E-state index contributed by atoms with van der Waals surface area (Å²) in [4.78, 5) is 17.0. The highest BCUT2D eigenvalue weighted by molar-refractivity contribution is 9.10. The number of carbonyl (C=O) groups is 1. The zero-order valence-electron chi connectivity index (χ0n) is 15.0. The summed E-state index contributed by atoms with van der Waals surface area (Å²) >= 11 is 3.49. The maximum Gasteiger partial charge on any atom is 0.240 e. The molecule has 0 aliphatic rings. The third-order valence-corrected chi connectivity index (χ3v) is 5.68. The number of rotatable bonds is 6. The van der Waals surface area contributed by atoms with Gasteiger partial charge in [-0.3, -0.25) is 4.79 Å². The van der Waals surface area contributed by atoms with Gasteiger partial charge in [0.15, 0.2) is 9.84 Å². The minimum absolute atomic E-state index is 0.000158. The van der Waals surface area contributed by atoms with E-state index in [1.807, 2.05) is 49.4 Å². The van der Waals surface area contributed by atoms with E-state index in [0.29, 0.717) is 11.3 Å². The van der Waals surface area contributed by atoms with Crippen molar-refractivity contribution in [3.05, 3.63) is 64.4 Å². The van der Waals surface area contributed by atoms with Crippen LogP contribution in [0.15, 0.2) is 53.0 Å². The van der Waals surface area contributed by atoms with Crippen LogP contribution in [-0.2, 0) is 26.9 Å². The molecule has 1 amide bonds. The average molecular weight is 450 g/mol. The van der Waals surface area contributed by atoms with Crippen molar-refractivity contribution in [2.75, 3.05) is 6.26 Å². The number of aromatic nitrogens is 2. The van der Waals surface area contributed by atoms with E-state index in [-0.39, 0.29) is 24.2 Å². The monoisotopic (exact) mass is 449 g/mol. The first-order chi connectivity index (χ1) is 12.7. The molecule has 0 fully saturated rings. The molecule has 1 N–H and O–H groups in total. The van der Waals surface area contributed by atoms with Crippen LogP contribution >= 0.6 is 15.9 Å². The highest BCUT2D eigenvalue weighted by Gasteiger charge is 2.18. The first-order valence-electron chi connectivity index (χ1n) is 8.40. The summed E-state index contributed by atoms with van der Waals surface area (Å²) < 4.78 is 26.1. The van der Waals surface area contributed by atoms with Crippen LogP contribution < -0.4 is 5.32 Å². The minimum Gasteiger partial charge on any atom is -0.348 e. The van der Waals surface area contributed by atoms with Gasteiger partial charge in [0.1, 0.15) is 18.1 Å². The largest absolute Gasteiger partial charge is 0.348 e. The molecular weight excluding hydrogens is 430 g/mol. The van der Waals surface area contributed by atoms with Crippen molar-refractivity contribution in [1.29, 1.82) is 0 Å². The lowest BCUT2D eigenvalue weighted by Gasteiger charge is -2.17. The number of hydrogen-bond donors (Lipinski definition) is 1. The number of benzene rings is 2. The summed E-state index contributed by atoms with van der Waals surface area (Å²) in [6, 6.07) is 14.8. The smallest absolute Gasteiger partial charge is 0.240 e. The predicted molar refractivity (Wildman–Crippen MR) is 109 cm³/mol. The molecule has 3 rings (SSSR count). The van der Waals surface area contributed by atoms with Gasteiger partial charge in [0.25, 0.3) is 0 Å². The minimum atomic E-state index is -3.28. The van der Waals surface area contributed by atoms with E-state index in [9.17, 15) is 13.2 Å². The molecule has 0 aliphatic carbocycles. The maximum absolute atomic E-state index is 12.6. The van der Waals surface area contributed by atoms with Crippen molar-refractivity contribution in [3.63, 3.8) is 0 Å². The third-order valence-electron chi connectivity index (χ3n) is 4.18. The molecule has 0 bridgehead atoms. The Balaban J connectivity index is 1.86. The van der Waals surface area contributed by atoms with E-state index in [1.165, 1.54) is 0 Å². The Bertz CT molecular complexity index is 1090. The van der Waals surface area contributed by atoms with E-state index in [0.717, 1.165) is 21.8 Å². The Kier molecular flexibility index (Phi) is 5.67. The lowest BCUT2D eigenvalue weighted by Crippen LogP contribution is -2.31. The zero-order valence-corrected chi connectivity index (χ0v) is 17.4. The van der Waals surface area contributed by atoms with E-state index >= 15 is 0 Å². The van der Waals surface area contributed by atoms with Crippen LogP contribution in [0, 0.1) is 0 Å². The molecule has 27 heavy (non-hydrogen) atoms. The Morgan fingerprint density at radius 1 is 1.19 bits per heavy atom. The Morgan fingerprint density at radius 2 is 1.85 bits per heavy atom. The molecule has 0 saturated carbocycles. The Labute approximate surface area is 166 Å². The highest BCUT2D eigenvalue weighted by Crippen LogP contribution is 2.23. The number of halogens is 1. The molecule has 6 nitrogen and oxygen atoms in total. The Hall–Kier alpha value is -2.19. The van der Waals surface area contributed by atoms with Gasteiger partial charge in [-0.15, -0.1) is 0 Å². The SMILES string of the molecule is C[C@@H](NC(=O)Cn1c(CS(C)(=O)=O)nc2ccccc21)c1ccccc1Br.